The van der Waals surface area contributed by atoms with Gasteiger partial charge in [-0.15, -0.1) is 0 Å². The maximum absolute atomic E-state index is 11.8. The van der Waals surface area contributed by atoms with Crippen LogP contribution in [0.2, 0.25) is 0 Å². The molecule has 1 aromatic heterocycles. The maximum atomic E-state index is 11.8. The van der Waals surface area contributed by atoms with Crippen molar-refractivity contribution >= 4 is 0 Å². The van der Waals surface area contributed by atoms with E-state index in [9.17, 15) is 19.8 Å². The third-order valence-electron chi connectivity index (χ3n) is 3.99. The molecule has 2 saturated heterocycles. The molecule has 2 aliphatic rings. The average molecular weight is 300 g/mol. The van der Waals surface area contributed by atoms with Crippen LogP contribution in [0, 0.1) is 0 Å². The van der Waals surface area contributed by atoms with Crippen LogP contribution in [0.5, 0.6) is 0 Å². The number of aliphatic hydroxyl groups is 2. The minimum atomic E-state index is -1.35. The Hall–Kier alpha value is -1.52. The molecule has 0 aliphatic carbocycles. The van der Waals surface area contributed by atoms with Crippen molar-refractivity contribution < 1.29 is 24.4 Å². The second-order valence-electron chi connectivity index (χ2n) is 5.13. The largest absolute Gasteiger partial charge is 0.393 e. The molecule has 2 aliphatic heterocycles. The molecule has 0 radical (unpaired) electrons. The lowest BCUT2D eigenvalue weighted by atomic mass is 9.94. The van der Waals surface area contributed by atoms with Crippen molar-refractivity contribution in [3.8, 4) is 0 Å². The van der Waals surface area contributed by atoms with E-state index in [4.69, 9.17) is 14.2 Å². The number of hydrogen-bond donors (Lipinski definition) is 3. The Morgan fingerprint density at radius 1 is 1.52 bits per heavy atom. The third-order valence-corrected chi connectivity index (χ3v) is 3.99. The lowest BCUT2D eigenvalue weighted by molar-refractivity contribution is -0.232. The van der Waals surface area contributed by atoms with E-state index in [0.717, 1.165) is 4.57 Å². The molecule has 9 heteroatoms. The highest BCUT2D eigenvalue weighted by Gasteiger charge is 2.66. The zero-order valence-electron chi connectivity index (χ0n) is 11.3. The molecule has 1 aromatic rings. The van der Waals surface area contributed by atoms with Crippen LogP contribution in [0.4, 0.5) is 0 Å². The molecule has 0 aromatic carbocycles. The summed E-state index contributed by atoms with van der Waals surface area (Å²) in [4.78, 5) is 25.0. The number of ether oxygens (including phenoxy) is 3. The first-order valence-corrected chi connectivity index (χ1v) is 6.46. The second kappa shape index (κ2) is 5.04. The molecule has 0 saturated carbocycles. The molecule has 0 unspecified atom stereocenters. The highest BCUT2D eigenvalue weighted by Crippen LogP contribution is 2.48. The van der Waals surface area contributed by atoms with Crippen molar-refractivity contribution in [2.24, 2.45) is 0 Å². The van der Waals surface area contributed by atoms with Crippen LogP contribution < -0.4 is 11.2 Å². The normalized spacial score (nSPS) is 38.0. The maximum Gasteiger partial charge on any atom is 0.330 e. The van der Waals surface area contributed by atoms with Crippen LogP contribution in [0.25, 0.3) is 0 Å². The fraction of sp³-hybridized carbons (Fsp3) is 0.667. The van der Waals surface area contributed by atoms with Crippen molar-refractivity contribution in [2.45, 2.75) is 30.1 Å². The number of fused-ring (bicyclic) bond motifs is 2. The lowest BCUT2D eigenvalue weighted by Gasteiger charge is -2.36. The molecule has 3 heterocycles. The number of hydrogen-bond acceptors (Lipinski definition) is 7. The number of nitrogens with one attached hydrogen (secondary N) is 1. The van der Waals surface area contributed by atoms with Gasteiger partial charge in [0.1, 0.15) is 18.3 Å². The summed E-state index contributed by atoms with van der Waals surface area (Å²) in [5.74, 6) is 0. The summed E-state index contributed by atoms with van der Waals surface area (Å²) in [6.07, 6.45) is -2.24. The SMILES string of the molecule is COC[C@H]1O[C@H]2[C@H](n3ccc(=O)[nH]c3=O)O[C@]1(CO)[C@H]2O. The molecular formula is C12H16N2O7. The zero-order chi connectivity index (χ0) is 15.2. The predicted octanol–water partition coefficient (Wildman–Crippen LogP) is -2.43. The summed E-state index contributed by atoms with van der Waals surface area (Å²) < 4.78 is 17.5. The number of H-pyrrole nitrogens is 1. The van der Waals surface area contributed by atoms with Gasteiger partial charge in [-0.2, -0.15) is 0 Å². The molecule has 2 bridgehead atoms. The molecule has 2 fully saturated rings. The Labute approximate surface area is 118 Å². The highest BCUT2D eigenvalue weighted by molar-refractivity contribution is 5.12. The molecule has 0 spiro atoms. The van der Waals surface area contributed by atoms with Gasteiger partial charge >= 0.3 is 5.69 Å². The van der Waals surface area contributed by atoms with Gasteiger partial charge in [-0.3, -0.25) is 14.3 Å². The van der Waals surface area contributed by atoms with Gasteiger partial charge in [0.15, 0.2) is 11.8 Å². The number of aromatic nitrogens is 2. The number of aliphatic hydroxyl groups excluding tert-OH is 2. The van der Waals surface area contributed by atoms with Crippen LogP contribution in [0.3, 0.4) is 0 Å². The van der Waals surface area contributed by atoms with E-state index in [1.807, 2.05) is 0 Å². The fourth-order valence-electron chi connectivity index (χ4n) is 2.92. The van der Waals surface area contributed by atoms with Crippen LogP contribution in [-0.2, 0) is 14.2 Å². The Morgan fingerprint density at radius 3 is 2.90 bits per heavy atom. The van der Waals surface area contributed by atoms with Gasteiger partial charge in [0.25, 0.3) is 5.56 Å². The Bertz CT molecular complexity index is 641. The zero-order valence-corrected chi connectivity index (χ0v) is 11.3. The lowest BCUT2D eigenvalue weighted by Crippen LogP contribution is -2.52. The fourth-order valence-corrected chi connectivity index (χ4v) is 2.92. The van der Waals surface area contributed by atoms with Gasteiger partial charge in [0.05, 0.1) is 13.2 Å². The van der Waals surface area contributed by atoms with Gasteiger partial charge in [-0.25, -0.2) is 4.79 Å². The quantitative estimate of drug-likeness (QED) is 0.565. The number of rotatable bonds is 4. The van der Waals surface area contributed by atoms with E-state index in [1.165, 1.54) is 19.4 Å². The first kappa shape index (κ1) is 14.4. The number of nitrogens with zero attached hydrogens (tertiary/aromatic N) is 1. The summed E-state index contributed by atoms with van der Waals surface area (Å²) in [5.41, 5.74) is -2.55. The Morgan fingerprint density at radius 2 is 2.29 bits per heavy atom. The highest BCUT2D eigenvalue weighted by atomic mass is 16.7. The van der Waals surface area contributed by atoms with Crippen molar-refractivity contribution in [1.82, 2.24) is 9.55 Å². The molecule has 3 N–H and O–H groups in total. The van der Waals surface area contributed by atoms with Gasteiger partial charge in [-0.1, -0.05) is 0 Å². The first-order valence-electron chi connectivity index (χ1n) is 6.46. The summed E-state index contributed by atoms with van der Waals surface area (Å²) in [6, 6.07) is 1.17. The second-order valence-corrected chi connectivity index (χ2v) is 5.13. The minimum Gasteiger partial charge on any atom is -0.393 e. The summed E-state index contributed by atoms with van der Waals surface area (Å²) in [7, 11) is 1.47. The number of aromatic amines is 1. The van der Waals surface area contributed by atoms with E-state index in [1.54, 1.807) is 0 Å². The topological polar surface area (TPSA) is 123 Å². The van der Waals surface area contributed by atoms with Crippen molar-refractivity contribution in [2.75, 3.05) is 20.3 Å². The third kappa shape index (κ3) is 1.97. The van der Waals surface area contributed by atoms with E-state index < -0.39 is 48.0 Å². The molecule has 0 amide bonds. The minimum absolute atomic E-state index is 0.140. The van der Waals surface area contributed by atoms with Gasteiger partial charge < -0.3 is 24.4 Å². The molecule has 21 heavy (non-hydrogen) atoms. The van der Waals surface area contributed by atoms with E-state index >= 15 is 0 Å². The van der Waals surface area contributed by atoms with E-state index in [-0.39, 0.29) is 6.61 Å². The van der Waals surface area contributed by atoms with Crippen LogP contribution in [0.15, 0.2) is 21.9 Å². The average Bonchev–Trinajstić information content (AvgIpc) is 2.87. The van der Waals surface area contributed by atoms with Crippen LogP contribution in [-0.4, -0.2) is 64.0 Å². The van der Waals surface area contributed by atoms with Crippen molar-refractivity contribution in [1.29, 1.82) is 0 Å². The summed E-state index contributed by atoms with van der Waals surface area (Å²) >= 11 is 0. The van der Waals surface area contributed by atoms with E-state index in [0.29, 0.717) is 0 Å². The Kier molecular flexibility index (Phi) is 3.46. The summed E-state index contributed by atoms with van der Waals surface area (Å²) in [5, 5.41) is 19.9. The van der Waals surface area contributed by atoms with Crippen molar-refractivity contribution in [3.63, 3.8) is 0 Å². The molecular weight excluding hydrogens is 284 g/mol. The molecule has 3 rings (SSSR count). The molecule has 116 valence electrons. The summed E-state index contributed by atoms with van der Waals surface area (Å²) in [6.45, 7) is -0.339. The first-order chi connectivity index (χ1) is 10.0. The van der Waals surface area contributed by atoms with E-state index in [2.05, 4.69) is 4.98 Å². The smallest absolute Gasteiger partial charge is 0.330 e. The van der Waals surface area contributed by atoms with Crippen molar-refractivity contribution in [3.05, 3.63) is 33.1 Å². The Balaban J connectivity index is 1.96. The number of methoxy groups -OCH3 is 1. The van der Waals surface area contributed by atoms with Gasteiger partial charge in [0.2, 0.25) is 0 Å². The molecule has 5 atom stereocenters. The van der Waals surface area contributed by atoms with Crippen LogP contribution in [0.1, 0.15) is 6.23 Å². The molecule has 9 nitrogen and oxygen atoms in total. The van der Waals surface area contributed by atoms with Crippen LogP contribution >= 0.6 is 0 Å². The van der Waals surface area contributed by atoms with Gasteiger partial charge in [0, 0.05) is 19.4 Å². The standard InChI is InChI=1S/C12H16N2O7/c1-19-4-6-12(5-15)9(17)8(20-6)10(21-12)14-3-2-7(16)13-11(14)18/h2-3,6,8-10,15,17H,4-5H2,1H3,(H,13,16,18)/t6-,8-,9+,10-,12+/m1/s1. The monoisotopic (exact) mass is 300 g/mol. The van der Waals surface area contributed by atoms with Gasteiger partial charge in [-0.05, 0) is 0 Å². The predicted molar refractivity (Wildman–Crippen MR) is 67.8 cm³/mol.